The Labute approximate surface area is 167 Å². The van der Waals surface area contributed by atoms with Crippen LogP contribution in [0.3, 0.4) is 0 Å². The van der Waals surface area contributed by atoms with Gasteiger partial charge in [-0.25, -0.2) is 14.6 Å². The van der Waals surface area contributed by atoms with Crippen molar-refractivity contribution in [2.45, 2.75) is 37.0 Å². The van der Waals surface area contributed by atoms with Gasteiger partial charge >= 0.3 is 0 Å². The molecule has 142 valence electrons. The van der Waals surface area contributed by atoms with Gasteiger partial charge < -0.3 is 4.52 Å². The summed E-state index contributed by atoms with van der Waals surface area (Å²) in [7, 11) is 0. The Hall–Kier alpha value is -3.00. The van der Waals surface area contributed by atoms with E-state index in [4.69, 9.17) is 4.52 Å². The van der Waals surface area contributed by atoms with Crippen molar-refractivity contribution in [1.82, 2.24) is 29.9 Å². The van der Waals surface area contributed by atoms with Gasteiger partial charge in [-0.2, -0.15) is 10.1 Å². The van der Waals surface area contributed by atoms with Gasteiger partial charge in [0.25, 0.3) is 0 Å². The van der Waals surface area contributed by atoms with Crippen LogP contribution in [0.15, 0.2) is 64.7 Å². The second kappa shape index (κ2) is 7.55. The van der Waals surface area contributed by atoms with Crippen molar-refractivity contribution in [2.75, 3.05) is 0 Å². The zero-order chi connectivity index (χ0) is 19.6. The maximum absolute atomic E-state index is 5.42. The standard InChI is InChI=1S/C20H20N6OS/c1-20(2,3)15-7-5-14(6-8-15)17-24-16(27-25-17)13-28-19-18(21-10-11-22-19)26-12-4-9-23-26/h4-12H,13H2,1-3H3. The third-order valence-corrected chi connectivity index (χ3v) is 5.13. The zero-order valence-corrected chi connectivity index (χ0v) is 16.7. The van der Waals surface area contributed by atoms with Crippen LogP contribution in [0.4, 0.5) is 0 Å². The summed E-state index contributed by atoms with van der Waals surface area (Å²) in [6.45, 7) is 6.57. The lowest BCUT2D eigenvalue weighted by atomic mass is 9.87. The van der Waals surface area contributed by atoms with E-state index in [1.807, 2.05) is 24.4 Å². The molecule has 0 saturated carbocycles. The predicted octanol–water partition coefficient (Wildman–Crippen LogP) is 4.30. The van der Waals surface area contributed by atoms with Crippen LogP contribution in [0.1, 0.15) is 32.2 Å². The summed E-state index contributed by atoms with van der Waals surface area (Å²) in [5.41, 5.74) is 2.31. The van der Waals surface area contributed by atoms with E-state index in [1.54, 1.807) is 23.3 Å². The Kier molecular flexibility index (Phi) is 4.95. The molecule has 0 fully saturated rings. The van der Waals surface area contributed by atoms with E-state index >= 15 is 0 Å². The fraction of sp³-hybridized carbons (Fsp3) is 0.250. The van der Waals surface area contributed by atoms with Crippen LogP contribution in [-0.4, -0.2) is 29.9 Å². The second-order valence-corrected chi connectivity index (χ2v) is 8.23. The van der Waals surface area contributed by atoms with Crippen LogP contribution >= 0.6 is 11.8 Å². The van der Waals surface area contributed by atoms with E-state index in [2.05, 4.69) is 58.1 Å². The molecule has 28 heavy (non-hydrogen) atoms. The van der Waals surface area contributed by atoms with E-state index in [-0.39, 0.29) is 5.41 Å². The number of benzene rings is 1. The third-order valence-electron chi connectivity index (χ3n) is 4.18. The molecule has 3 aromatic heterocycles. The number of thioether (sulfide) groups is 1. The normalized spacial score (nSPS) is 11.7. The first-order valence-electron chi connectivity index (χ1n) is 8.88. The van der Waals surface area contributed by atoms with Gasteiger partial charge in [-0.3, -0.25) is 0 Å². The topological polar surface area (TPSA) is 82.5 Å². The molecule has 8 heteroatoms. The summed E-state index contributed by atoms with van der Waals surface area (Å²) < 4.78 is 7.10. The molecular weight excluding hydrogens is 372 g/mol. The van der Waals surface area contributed by atoms with Crippen molar-refractivity contribution in [3.63, 3.8) is 0 Å². The Balaban J connectivity index is 1.48. The van der Waals surface area contributed by atoms with Gasteiger partial charge in [0.15, 0.2) is 5.82 Å². The van der Waals surface area contributed by atoms with Crippen LogP contribution in [0.5, 0.6) is 0 Å². The lowest BCUT2D eigenvalue weighted by molar-refractivity contribution is 0.391. The molecule has 0 unspecified atom stereocenters. The fourth-order valence-corrected chi connectivity index (χ4v) is 3.44. The van der Waals surface area contributed by atoms with Gasteiger partial charge in [-0.1, -0.05) is 62.0 Å². The summed E-state index contributed by atoms with van der Waals surface area (Å²) in [5, 5.41) is 9.08. The van der Waals surface area contributed by atoms with E-state index < -0.39 is 0 Å². The van der Waals surface area contributed by atoms with Crippen LogP contribution < -0.4 is 0 Å². The van der Waals surface area contributed by atoms with Gasteiger partial charge in [0, 0.05) is 30.4 Å². The number of rotatable bonds is 5. The molecule has 0 saturated heterocycles. The first-order valence-corrected chi connectivity index (χ1v) is 9.86. The van der Waals surface area contributed by atoms with E-state index in [1.165, 1.54) is 17.3 Å². The summed E-state index contributed by atoms with van der Waals surface area (Å²) in [5.74, 6) is 2.30. The van der Waals surface area contributed by atoms with E-state index in [9.17, 15) is 0 Å². The van der Waals surface area contributed by atoms with Gasteiger partial charge in [0.1, 0.15) is 5.03 Å². The van der Waals surface area contributed by atoms with E-state index in [0.717, 1.165) is 10.6 Å². The first kappa shape index (κ1) is 18.4. The predicted molar refractivity (Wildman–Crippen MR) is 107 cm³/mol. The molecule has 0 atom stereocenters. The van der Waals surface area contributed by atoms with Crippen molar-refractivity contribution >= 4 is 11.8 Å². The third kappa shape index (κ3) is 3.96. The summed E-state index contributed by atoms with van der Waals surface area (Å²) >= 11 is 1.48. The van der Waals surface area contributed by atoms with Gasteiger partial charge in [-0.15, -0.1) is 0 Å². The molecule has 0 aliphatic heterocycles. The monoisotopic (exact) mass is 392 g/mol. The lowest BCUT2D eigenvalue weighted by Gasteiger charge is -2.18. The molecule has 0 spiro atoms. The maximum Gasteiger partial charge on any atom is 0.237 e. The summed E-state index contributed by atoms with van der Waals surface area (Å²) in [6, 6.07) is 10.1. The van der Waals surface area contributed by atoms with Crippen LogP contribution in [0, 0.1) is 0 Å². The molecule has 4 aromatic rings. The Bertz CT molecular complexity index is 1050. The molecule has 0 bridgehead atoms. The van der Waals surface area contributed by atoms with Crippen LogP contribution in [-0.2, 0) is 11.2 Å². The van der Waals surface area contributed by atoms with Crippen molar-refractivity contribution in [1.29, 1.82) is 0 Å². The average Bonchev–Trinajstić information content (AvgIpc) is 3.38. The fourth-order valence-electron chi connectivity index (χ4n) is 2.65. The maximum atomic E-state index is 5.42. The minimum Gasteiger partial charge on any atom is -0.338 e. The van der Waals surface area contributed by atoms with Gasteiger partial charge in [0.2, 0.25) is 11.7 Å². The Morgan fingerprint density at radius 2 is 1.82 bits per heavy atom. The molecule has 0 aliphatic rings. The van der Waals surface area contributed by atoms with Gasteiger partial charge in [0.05, 0.1) is 5.75 Å². The molecule has 0 aliphatic carbocycles. The molecule has 0 N–H and O–H groups in total. The van der Waals surface area contributed by atoms with Crippen molar-refractivity contribution < 1.29 is 4.52 Å². The molecule has 7 nitrogen and oxygen atoms in total. The highest BCUT2D eigenvalue weighted by Crippen LogP contribution is 2.27. The summed E-state index contributed by atoms with van der Waals surface area (Å²) in [6.07, 6.45) is 6.84. The largest absolute Gasteiger partial charge is 0.338 e. The smallest absolute Gasteiger partial charge is 0.237 e. The second-order valence-electron chi connectivity index (χ2n) is 7.26. The lowest BCUT2D eigenvalue weighted by Crippen LogP contribution is -2.10. The minimum absolute atomic E-state index is 0.112. The highest BCUT2D eigenvalue weighted by molar-refractivity contribution is 7.98. The number of nitrogens with zero attached hydrogens (tertiary/aromatic N) is 6. The highest BCUT2D eigenvalue weighted by Gasteiger charge is 2.15. The average molecular weight is 392 g/mol. The Morgan fingerprint density at radius 3 is 2.54 bits per heavy atom. The molecule has 0 amide bonds. The van der Waals surface area contributed by atoms with E-state index in [0.29, 0.717) is 23.3 Å². The molecular formula is C20H20N6OS. The number of hydrogen-bond acceptors (Lipinski definition) is 7. The number of aromatic nitrogens is 6. The highest BCUT2D eigenvalue weighted by atomic mass is 32.2. The summed E-state index contributed by atoms with van der Waals surface area (Å²) in [4.78, 5) is 13.3. The molecule has 3 heterocycles. The van der Waals surface area contributed by atoms with Crippen molar-refractivity contribution in [3.8, 4) is 17.2 Å². The minimum atomic E-state index is 0.112. The molecule has 0 radical (unpaired) electrons. The van der Waals surface area contributed by atoms with Crippen molar-refractivity contribution in [3.05, 3.63) is 66.6 Å². The molecule has 1 aromatic carbocycles. The van der Waals surface area contributed by atoms with Crippen LogP contribution in [0.2, 0.25) is 0 Å². The van der Waals surface area contributed by atoms with Crippen LogP contribution in [0.25, 0.3) is 17.2 Å². The Morgan fingerprint density at radius 1 is 1.04 bits per heavy atom. The first-order chi connectivity index (χ1) is 13.5. The van der Waals surface area contributed by atoms with Gasteiger partial charge in [-0.05, 0) is 17.0 Å². The SMILES string of the molecule is CC(C)(C)c1ccc(-c2noc(CSc3nccnc3-n3cccn3)n2)cc1. The van der Waals surface area contributed by atoms with Crippen molar-refractivity contribution in [2.24, 2.45) is 0 Å². The number of hydrogen-bond donors (Lipinski definition) is 0. The molecule has 4 rings (SSSR count). The zero-order valence-electron chi connectivity index (χ0n) is 15.9. The quantitative estimate of drug-likeness (QED) is 0.468.